The molecule has 0 amide bonds. The van der Waals surface area contributed by atoms with Crippen LogP contribution in [0.1, 0.15) is 42.9 Å². The van der Waals surface area contributed by atoms with E-state index in [-0.39, 0.29) is 0 Å². The van der Waals surface area contributed by atoms with Gasteiger partial charge in [0.2, 0.25) is 0 Å². The van der Waals surface area contributed by atoms with E-state index in [0.29, 0.717) is 17.9 Å². The van der Waals surface area contributed by atoms with Gasteiger partial charge in [0.25, 0.3) is 0 Å². The van der Waals surface area contributed by atoms with E-state index in [0.717, 1.165) is 0 Å². The van der Waals surface area contributed by atoms with E-state index in [1.165, 1.54) is 43.4 Å². The Morgan fingerprint density at radius 2 is 2.20 bits per heavy atom. The molecule has 2 nitrogen and oxygen atoms in total. The molecule has 2 N–H and O–H groups in total. The zero-order chi connectivity index (χ0) is 10.3. The first-order valence-electron chi connectivity index (χ1n) is 6.05. The molecule has 1 saturated carbocycles. The smallest absolute Gasteiger partial charge is 0.0469 e. The van der Waals surface area contributed by atoms with Gasteiger partial charge in [-0.05, 0) is 43.2 Å². The summed E-state index contributed by atoms with van der Waals surface area (Å²) in [7, 11) is 0. The fourth-order valence-electron chi connectivity index (χ4n) is 3.38. The molecule has 0 spiro atoms. The molecule has 2 aliphatic rings. The Balaban J connectivity index is 1.90. The van der Waals surface area contributed by atoms with Crippen molar-refractivity contribution in [3.63, 3.8) is 0 Å². The van der Waals surface area contributed by atoms with E-state index in [2.05, 4.69) is 17.1 Å². The molecule has 2 heteroatoms. The van der Waals surface area contributed by atoms with Crippen LogP contribution in [0.2, 0.25) is 0 Å². The van der Waals surface area contributed by atoms with E-state index >= 15 is 0 Å². The van der Waals surface area contributed by atoms with Gasteiger partial charge in [-0.3, -0.25) is 4.98 Å². The lowest BCUT2D eigenvalue weighted by molar-refractivity contribution is 0.384. The standard InChI is InChI=1S/C13H18N2/c14-12-5-1-4-10(12)11-7-6-9-3-2-8-15-13(9)11/h2-3,8,10-12H,1,4-7,14H2. The maximum atomic E-state index is 6.19. The van der Waals surface area contributed by atoms with Gasteiger partial charge in [-0.2, -0.15) is 0 Å². The van der Waals surface area contributed by atoms with E-state index in [9.17, 15) is 0 Å². The number of hydrogen-bond donors (Lipinski definition) is 1. The lowest BCUT2D eigenvalue weighted by atomic mass is 9.86. The fraction of sp³-hybridized carbons (Fsp3) is 0.615. The van der Waals surface area contributed by atoms with Crippen LogP contribution in [0.5, 0.6) is 0 Å². The predicted molar refractivity (Wildman–Crippen MR) is 60.6 cm³/mol. The molecule has 1 fully saturated rings. The zero-order valence-corrected chi connectivity index (χ0v) is 9.02. The summed E-state index contributed by atoms with van der Waals surface area (Å²) in [6, 6.07) is 4.70. The summed E-state index contributed by atoms with van der Waals surface area (Å²) in [5.74, 6) is 1.35. The highest BCUT2D eigenvalue weighted by molar-refractivity contribution is 5.29. The number of aryl methyl sites for hydroxylation is 1. The highest BCUT2D eigenvalue weighted by Gasteiger charge is 2.36. The van der Waals surface area contributed by atoms with Crippen molar-refractivity contribution in [1.29, 1.82) is 0 Å². The van der Waals surface area contributed by atoms with Gasteiger partial charge in [0.15, 0.2) is 0 Å². The second-order valence-electron chi connectivity index (χ2n) is 4.95. The summed E-state index contributed by atoms with van der Waals surface area (Å²) >= 11 is 0. The van der Waals surface area contributed by atoms with Crippen molar-refractivity contribution < 1.29 is 0 Å². The zero-order valence-electron chi connectivity index (χ0n) is 9.02. The molecule has 1 heterocycles. The van der Waals surface area contributed by atoms with Crippen molar-refractivity contribution in [2.75, 3.05) is 0 Å². The van der Waals surface area contributed by atoms with Gasteiger partial charge < -0.3 is 5.73 Å². The van der Waals surface area contributed by atoms with Crippen LogP contribution >= 0.6 is 0 Å². The SMILES string of the molecule is NC1CCCC1C1CCc2cccnc21. The predicted octanol–water partition coefficient (Wildman–Crippen LogP) is 2.24. The lowest BCUT2D eigenvalue weighted by Crippen LogP contribution is -2.28. The molecule has 1 aromatic heterocycles. The third-order valence-electron chi connectivity index (χ3n) is 4.14. The second-order valence-corrected chi connectivity index (χ2v) is 4.95. The number of hydrogen-bond acceptors (Lipinski definition) is 2. The Morgan fingerprint density at radius 3 is 3.00 bits per heavy atom. The Labute approximate surface area is 90.9 Å². The summed E-state index contributed by atoms with van der Waals surface area (Å²) in [5.41, 5.74) is 9.00. The minimum atomic E-state index is 0.419. The molecule has 3 atom stereocenters. The van der Waals surface area contributed by atoms with Gasteiger partial charge in [0.05, 0.1) is 0 Å². The highest BCUT2D eigenvalue weighted by Crippen LogP contribution is 2.43. The topological polar surface area (TPSA) is 38.9 Å². The van der Waals surface area contributed by atoms with Crippen LogP contribution < -0.4 is 5.73 Å². The summed E-state index contributed by atoms with van der Waals surface area (Å²) in [6.45, 7) is 0. The first-order chi connectivity index (χ1) is 7.36. The Bertz CT molecular complexity index is 361. The van der Waals surface area contributed by atoms with Gasteiger partial charge >= 0.3 is 0 Å². The van der Waals surface area contributed by atoms with E-state index in [1.54, 1.807) is 0 Å². The van der Waals surface area contributed by atoms with E-state index in [1.807, 2.05) is 6.20 Å². The Hall–Kier alpha value is -0.890. The summed E-state index contributed by atoms with van der Waals surface area (Å²) < 4.78 is 0. The van der Waals surface area contributed by atoms with Gasteiger partial charge in [0, 0.05) is 23.9 Å². The van der Waals surface area contributed by atoms with Crippen molar-refractivity contribution >= 4 is 0 Å². The number of fused-ring (bicyclic) bond motifs is 1. The number of aromatic nitrogens is 1. The summed E-state index contributed by atoms with van der Waals surface area (Å²) in [5, 5.41) is 0. The van der Waals surface area contributed by atoms with Crippen LogP contribution in [0, 0.1) is 5.92 Å². The average Bonchev–Trinajstić information content (AvgIpc) is 2.83. The minimum absolute atomic E-state index is 0.419. The van der Waals surface area contributed by atoms with Crippen molar-refractivity contribution in [1.82, 2.24) is 4.98 Å². The molecule has 3 unspecified atom stereocenters. The average molecular weight is 202 g/mol. The van der Waals surface area contributed by atoms with Gasteiger partial charge in [-0.1, -0.05) is 12.5 Å². The normalized spacial score (nSPS) is 34.3. The number of pyridine rings is 1. The van der Waals surface area contributed by atoms with Crippen LogP contribution in [-0.2, 0) is 6.42 Å². The first-order valence-corrected chi connectivity index (χ1v) is 6.05. The molecule has 3 rings (SSSR count). The molecule has 0 saturated heterocycles. The minimum Gasteiger partial charge on any atom is -0.327 e. The van der Waals surface area contributed by atoms with Crippen LogP contribution in [0.15, 0.2) is 18.3 Å². The Morgan fingerprint density at radius 1 is 1.27 bits per heavy atom. The molecule has 0 aromatic carbocycles. The highest BCUT2D eigenvalue weighted by atomic mass is 14.7. The van der Waals surface area contributed by atoms with Gasteiger partial charge in [-0.25, -0.2) is 0 Å². The quantitative estimate of drug-likeness (QED) is 0.758. The maximum absolute atomic E-state index is 6.19. The molecular weight excluding hydrogens is 184 g/mol. The summed E-state index contributed by atoms with van der Waals surface area (Å²) in [6.07, 6.45) is 8.23. The third kappa shape index (κ3) is 1.48. The van der Waals surface area contributed by atoms with E-state index < -0.39 is 0 Å². The largest absolute Gasteiger partial charge is 0.327 e. The molecule has 80 valence electrons. The van der Waals surface area contributed by atoms with Gasteiger partial charge in [0.1, 0.15) is 0 Å². The van der Waals surface area contributed by atoms with Crippen molar-refractivity contribution in [3.05, 3.63) is 29.6 Å². The lowest BCUT2D eigenvalue weighted by Gasteiger charge is -2.22. The molecular formula is C13H18N2. The second kappa shape index (κ2) is 3.60. The van der Waals surface area contributed by atoms with Crippen LogP contribution in [0.25, 0.3) is 0 Å². The third-order valence-corrected chi connectivity index (χ3v) is 4.14. The van der Waals surface area contributed by atoms with Gasteiger partial charge in [-0.15, -0.1) is 0 Å². The van der Waals surface area contributed by atoms with E-state index in [4.69, 9.17) is 5.73 Å². The van der Waals surface area contributed by atoms with Crippen molar-refractivity contribution in [3.8, 4) is 0 Å². The molecule has 0 bridgehead atoms. The number of nitrogens with zero attached hydrogens (tertiary/aromatic N) is 1. The molecule has 2 aliphatic carbocycles. The molecule has 15 heavy (non-hydrogen) atoms. The van der Waals surface area contributed by atoms with Crippen LogP contribution in [0.3, 0.4) is 0 Å². The number of rotatable bonds is 1. The Kier molecular flexibility index (Phi) is 2.24. The summed E-state index contributed by atoms with van der Waals surface area (Å²) in [4.78, 5) is 4.56. The molecule has 1 aromatic rings. The van der Waals surface area contributed by atoms with Crippen LogP contribution in [0.4, 0.5) is 0 Å². The first kappa shape index (κ1) is 9.34. The van der Waals surface area contributed by atoms with Crippen molar-refractivity contribution in [2.24, 2.45) is 11.7 Å². The van der Waals surface area contributed by atoms with Crippen molar-refractivity contribution in [2.45, 2.75) is 44.1 Å². The monoisotopic (exact) mass is 202 g/mol. The molecule has 0 aliphatic heterocycles. The molecule has 0 radical (unpaired) electrons. The maximum Gasteiger partial charge on any atom is 0.0469 e. The van der Waals surface area contributed by atoms with Crippen LogP contribution in [-0.4, -0.2) is 11.0 Å². The fourth-order valence-corrected chi connectivity index (χ4v) is 3.38. The number of nitrogens with two attached hydrogens (primary N) is 1.